The average molecular weight is 788 g/mol. The molecule has 3 heterocycles. The van der Waals surface area contributed by atoms with Gasteiger partial charge in [0.15, 0.2) is 0 Å². The van der Waals surface area contributed by atoms with Crippen LogP contribution >= 0.6 is 34.5 Å². The van der Waals surface area contributed by atoms with E-state index in [-0.39, 0.29) is 0 Å². The smallest absolute Gasteiger partial charge is 0.0737 e. The molecule has 6 nitrogen and oxygen atoms in total. The molecule has 0 bridgehead atoms. The zero-order chi connectivity index (χ0) is 37.7. The van der Waals surface area contributed by atoms with Crippen molar-refractivity contribution >= 4 is 67.7 Å². The van der Waals surface area contributed by atoms with Crippen LogP contribution in [-0.4, -0.2) is 36.1 Å². The highest BCUT2D eigenvalue weighted by Crippen LogP contribution is 2.35. The van der Waals surface area contributed by atoms with Crippen LogP contribution in [0.3, 0.4) is 0 Å². The maximum Gasteiger partial charge on any atom is 0.0737 e. The van der Waals surface area contributed by atoms with E-state index in [0.29, 0.717) is 10.0 Å². The van der Waals surface area contributed by atoms with Gasteiger partial charge >= 0.3 is 0 Å². The second kappa shape index (κ2) is 19.9. The number of pyridine rings is 2. The Balaban J connectivity index is 0.752. The zero-order valence-electron chi connectivity index (χ0n) is 31.1. The highest BCUT2D eigenvalue weighted by atomic mass is 35.5. The second-order valence-corrected chi connectivity index (χ2v) is 15.9. The number of unbranched alkanes of at least 4 members (excludes halogenated alkanes) is 4. The van der Waals surface area contributed by atoms with Gasteiger partial charge < -0.3 is 21.3 Å². The molecule has 0 spiro atoms. The van der Waals surface area contributed by atoms with Crippen molar-refractivity contribution in [3.8, 4) is 20.9 Å². The Labute approximate surface area is 338 Å². The number of nitrogens with one attached hydrogen (secondary N) is 4. The zero-order valence-corrected chi connectivity index (χ0v) is 33.4. The van der Waals surface area contributed by atoms with Gasteiger partial charge in [-0.1, -0.05) is 84.6 Å². The van der Waals surface area contributed by atoms with Gasteiger partial charge in [-0.05, 0) is 122 Å². The van der Waals surface area contributed by atoms with Crippen molar-refractivity contribution in [1.29, 1.82) is 0 Å². The summed E-state index contributed by atoms with van der Waals surface area (Å²) in [5.41, 5.74) is 9.25. The number of thiophene rings is 1. The van der Waals surface area contributed by atoms with E-state index in [1.807, 2.05) is 72.3 Å². The van der Waals surface area contributed by atoms with Crippen molar-refractivity contribution in [2.75, 3.05) is 36.8 Å². The fourth-order valence-corrected chi connectivity index (χ4v) is 8.14. The first-order chi connectivity index (χ1) is 27.1. The van der Waals surface area contributed by atoms with Crippen LogP contribution < -0.4 is 21.3 Å². The lowest BCUT2D eigenvalue weighted by atomic mass is 10.1. The molecule has 4 aromatic carbocycles. The first-order valence-electron chi connectivity index (χ1n) is 19.4. The van der Waals surface area contributed by atoms with Crippen LogP contribution in [0.4, 0.5) is 11.4 Å². The largest absolute Gasteiger partial charge is 0.384 e. The molecule has 0 saturated heterocycles. The van der Waals surface area contributed by atoms with E-state index in [4.69, 9.17) is 23.2 Å². The highest BCUT2D eigenvalue weighted by Gasteiger charge is 2.07. The number of nitrogens with zero attached hydrogens (tertiary/aromatic N) is 2. The van der Waals surface area contributed by atoms with Gasteiger partial charge in [0.2, 0.25) is 0 Å². The van der Waals surface area contributed by atoms with E-state index in [9.17, 15) is 0 Å². The molecule has 0 fully saturated rings. The van der Waals surface area contributed by atoms with Gasteiger partial charge in [-0.2, -0.15) is 0 Å². The lowest BCUT2D eigenvalue weighted by Crippen LogP contribution is -2.15. The van der Waals surface area contributed by atoms with Gasteiger partial charge in [0.05, 0.1) is 11.0 Å². The maximum atomic E-state index is 6.12. The molecule has 282 valence electrons. The predicted molar refractivity (Wildman–Crippen MR) is 237 cm³/mol. The van der Waals surface area contributed by atoms with Crippen LogP contribution in [0.2, 0.25) is 10.0 Å². The average Bonchev–Trinajstić information content (AvgIpc) is 3.71. The molecule has 9 heteroatoms. The summed E-state index contributed by atoms with van der Waals surface area (Å²) in [6.45, 7) is 5.70. The minimum Gasteiger partial charge on any atom is -0.384 e. The van der Waals surface area contributed by atoms with Crippen molar-refractivity contribution in [1.82, 2.24) is 20.6 Å². The molecule has 0 amide bonds. The quantitative estimate of drug-likeness (QED) is 0.0577. The summed E-state index contributed by atoms with van der Waals surface area (Å²) in [5.74, 6) is 0. The van der Waals surface area contributed by atoms with E-state index in [0.717, 1.165) is 98.1 Å². The number of hydrogen-bond acceptors (Lipinski definition) is 7. The number of aromatic nitrogens is 2. The number of benzene rings is 4. The fraction of sp³-hybridized carbons (Fsp3) is 0.261. The first-order valence-corrected chi connectivity index (χ1v) is 20.9. The number of halogens is 2. The van der Waals surface area contributed by atoms with Gasteiger partial charge in [-0.25, -0.2) is 0 Å². The Kier molecular flexibility index (Phi) is 14.0. The van der Waals surface area contributed by atoms with E-state index >= 15 is 0 Å². The molecule has 7 aromatic rings. The van der Waals surface area contributed by atoms with Gasteiger partial charge in [0, 0.05) is 80.5 Å². The molecule has 0 radical (unpaired) electrons. The molecule has 0 atom stereocenters. The van der Waals surface area contributed by atoms with Crippen molar-refractivity contribution in [3.05, 3.63) is 143 Å². The third-order valence-electron chi connectivity index (χ3n) is 9.84. The number of anilines is 2. The Hall–Kier alpha value is -4.50. The summed E-state index contributed by atoms with van der Waals surface area (Å²) >= 11 is 14.1. The summed E-state index contributed by atoms with van der Waals surface area (Å²) in [4.78, 5) is 11.5. The third-order valence-corrected chi connectivity index (χ3v) is 11.5. The summed E-state index contributed by atoms with van der Waals surface area (Å²) in [7, 11) is 0. The molecule has 0 saturated carbocycles. The van der Waals surface area contributed by atoms with E-state index in [1.165, 1.54) is 44.8 Å². The fourth-order valence-electron chi connectivity index (χ4n) is 6.79. The summed E-state index contributed by atoms with van der Waals surface area (Å²) in [6.07, 6.45) is 10.6. The Morgan fingerprint density at radius 1 is 0.455 bits per heavy atom. The maximum absolute atomic E-state index is 6.12. The van der Waals surface area contributed by atoms with Crippen LogP contribution in [0.5, 0.6) is 0 Å². The van der Waals surface area contributed by atoms with Crippen molar-refractivity contribution in [3.63, 3.8) is 0 Å². The number of fused-ring (bicyclic) bond motifs is 2. The van der Waals surface area contributed by atoms with E-state index in [1.54, 1.807) is 0 Å². The van der Waals surface area contributed by atoms with Crippen LogP contribution in [0.15, 0.2) is 122 Å². The van der Waals surface area contributed by atoms with Gasteiger partial charge in [-0.3, -0.25) is 9.97 Å². The Morgan fingerprint density at radius 3 is 1.35 bits per heavy atom. The lowest BCUT2D eigenvalue weighted by molar-refractivity contribution is 0.611. The molecular weight excluding hydrogens is 740 g/mol. The topological polar surface area (TPSA) is 73.9 Å². The summed E-state index contributed by atoms with van der Waals surface area (Å²) < 4.78 is 0. The molecule has 7 rings (SSSR count). The number of rotatable bonds is 20. The Morgan fingerprint density at radius 2 is 0.891 bits per heavy atom. The van der Waals surface area contributed by atoms with E-state index in [2.05, 4.69) is 91.9 Å². The summed E-state index contributed by atoms with van der Waals surface area (Å²) in [5, 5.41) is 18.0. The molecule has 4 N–H and O–H groups in total. The van der Waals surface area contributed by atoms with Crippen LogP contribution in [0, 0.1) is 0 Å². The molecular formula is C46H48Cl2N6S. The third kappa shape index (κ3) is 11.1. The van der Waals surface area contributed by atoms with Gasteiger partial charge in [0.1, 0.15) is 0 Å². The van der Waals surface area contributed by atoms with Gasteiger partial charge in [0.25, 0.3) is 0 Å². The standard InChI is InChI=1S/C46H48Cl2N6S/c47-37-15-17-39-41(21-27-53-43(39)29-37)51-25-5-1-3-23-49-31-33-7-11-35(12-8-33)45-19-20-46(55-45)36-13-9-34(10-14-36)32-50-24-4-2-6-26-52-42-22-28-54-44-30-38(48)16-18-40(42)44/h7-22,27-30,49-50H,1-6,23-26,31-32H2,(H,51,53)(H,52,54). The predicted octanol–water partition coefficient (Wildman–Crippen LogP) is 12.2. The molecule has 0 unspecified atom stereocenters. The highest BCUT2D eigenvalue weighted by molar-refractivity contribution is 7.18. The number of hydrogen-bond donors (Lipinski definition) is 4. The molecule has 0 aliphatic heterocycles. The first kappa shape index (κ1) is 38.8. The normalized spacial score (nSPS) is 11.4. The van der Waals surface area contributed by atoms with Crippen molar-refractivity contribution in [2.45, 2.75) is 51.6 Å². The van der Waals surface area contributed by atoms with E-state index < -0.39 is 0 Å². The van der Waals surface area contributed by atoms with Crippen molar-refractivity contribution < 1.29 is 0 Å². The molecule has 0 aliphatic carbocycles. The van der Waals surface area contributed by atoms with Crippen LogP contribution in [0.25, 0.3) is 42.7 Å². The second-order valence-electron chi connectivity index (χ2n) is 13.9. The van der Waals surface area contributed by atoms with Gasteiger partial charge in [-0.15, -0.1) is 11.3 Å². The summed E-state index contributed by atoms with van der Waals surface area (Å²) in [6, 6.07) is 38.3. The van der Waals surface area contributed by atoms with Crippen molar-refractivity contribution in [2.24, 2.45) is 0 Å². The van der Waals surface area contributed by atoms with Crippen LogP contribution in [0.1, 0.15) is 49.7 Å². The SMILES string of the molecule is Clc1ccc2c(NCCCCCNCc3ccc(-c4ccc(-c5ccc(CNCCCCCNc6ccnc7cc(Cl)ccc67)cc5)s4)cc3)ccnc2c1. The molecule has 3 aromatic heterocycles. The van der Waals surface area contributed by atoms with Crippen LogP contribution in [-0.2, 0) is 13.1 Å². The minimum absolute atomic E-state index is 0.714. The molecule has 55 heavy (non-hydrogen) atoms. The monoisotopic (exact) mass is 786 g/mol. The molecule has 0 aliphatic rings. The Bertz CT molecular complexity index is 2110. The lowest BCUT2D eigenvalue weighted by Gasteiger charge is -2.10. The minimum atomic E-state index is 0.714.